The summed E-state index contributed by atoms with van der Waals surface area (Å²) >= 11 is 0. The van der Waals surface area contributed by atoms with E-state index < -0.39 is 0 Å². The summed E-state index contributed by atoms with van der Waals surface area (Å²) in [6.07, 6.45) is 5.81. The molecule has 3 atom stereocenters. The van der Waals surface area contributed by atoms with Crippen molar-refractivity contribution in [2.24, 2.45) is 17.3 Å². The van der Waals surface area contributed by atoms with Gasteiger partial charge >= 0.3 is 0 Å². The van der Waals surface area contributed by atoms with Gasteiger partial charge in [-0.15, -0.1) is 0 Å². The van der Waals surface area contributed by atoms with E-state index in [2.05, 4.69) is 44.7 Å². The third-order valence-corrected chi connectivity index (χ3v) is 5.44. The summed E-state index contributed by atoms with van der Waals surface area (Å²) in [5, 5.41) is 17.7. The Labute approximate surface area is 164 Å². The van der Waals surface area contributed by atoms with Gasteiger partial charge in [0.05, 0.1) is 39.6 Å². The molecule has 0 fully saturated rings. The van der Waals surface area contributed by atoms with Gasteiger partial charge in [-0.2, -0.15) is 0 Å². The molecule has 1 aliphatic carbocycles. The molecule has 1 rings (SSSR count). The molecule has 0 saturated carbocycles. The zero-order valence-corrected chi connectivity index (χ0v) is 17.5. The van der Waals surface area contributed by atoms with Crippen LogP contribution in [-0.2, 0) is 14.3 Å². The highest BCUT2D eigenvalue weighted by atomic mass is 16.5. The second-order valence-electron chi connectivity index (χ2n) is 8.19. The Bertz CT molecular complexity index is 440. The highest BCUT2D eigenvalue weighted by Gasteiger charge is 2.39. The molecule has 0 radical (unpaired) electrons. The number of Topliss-reactive ketones (excluding diaryl/α,β-unsaturated/α-hetero) is 1. The van der Waals surface area contributed by atoms with Crippen molar-refractivity contribution < 1.29 is 24.5 Å². The van der Waals surface area contributed by atoms with Gasteiger partial charge in [0.15, 0.2) is 0 Å². The normalized spacial score (nSPS) is 22.9. The molecule has 2 N–H and O–H groups in total. The standard InChI is InChI=1S/C21H39NO5/c1-17-6-5-7-21(3,4)20(17)19(25)16-18(2)22(8-12-26-14-10-23)9-13-27-15-11-24/h5-6,17-18,20,23-24H,7-16H2,1-4H3. The van der Waals surface area contributed by atoms with E-state index >= 15 is 0 Å². The van der Waals surface area contributed by atoms with Gasteiger partial charge in [0.25, 0.3) is 0 Å². The molecule has 1 aliphatic rings. The van der Waals surface area contributed by atoms with Gasteiger partial charge in [0.2, 0.25) is 0 Å². The molecule has 0 aromatic rings. The number of aliphatic hydroxyl groups excluding tert-OH is 2. The number of hydrogen-bond donors (Lipinski definition) is 2. The highest BCUT2D eigenvalue weighted by Crippen LogP contribution is 2.41. The van der Waals surface area contributed by atoms with E-state index in [0.29, 0.717) is 51.7 Å². The minimum Gasteiger partial charge on any atom is -0.394 e. The van der Waals surface area contributed by atoms with Crippen LogP contribution in [0.1, 0.15) is 40.5 Å². The van der Waals surface area contributed by atoms with Crippen molar-refractivity contribution in [2.45, 2.75) is 46.6 Å². The van der Waals surface area contributed by atoms with Gasteiger partial charge in [-0.1, -0.05) is 32.9 Å². The van der Waals surface area contributed by atoms with Crippen LogP contribution in [0, 0.1) is 17.3 Å². The molecule has 0 spiro atoms. The average molecular weight is 386 g/mol. The van der Waals surface area contributed by atoms with Gasteiger partial charge in [-0.05, 0) is 24.7 Å². The molecule has 158 valence electrons. The summed E-state index contributed by atoms with van der Waals surface area (Å²) in [7, 11) is 0. The summed E-state index contributed by atoms with van der Waals surface area (Å²) in [5.41, 5.74) is -0.00965. The van der Waals surface area contributed by atoms with Gasteiger partial charge < -0.3 is 19.7 Å². The lowest BCUT2D eigenvalue weighted by Crippen LogP contribution is -2.43. The van der Waals surface area contributed by atoms with Crippen LogP contribution in [-0.4, -0.2) is 79.7 Å². The fourth-order valence-electron chi connectivity index (χ4n) is 4.06. The maximum atomic E-state index is 13.1. The third-order valence-electron chi connectivity index (χ3n) is 5.44. The molecule has 0 aromatic heterocycles. The summed E-state index contributed by atoms with van der Waals surface area (Å²) in [4.78, 5) is 15.3. The fourth-order valence-corrected chi connectivity index (χ4v) is 4.06. The zero-order valence-electron chi connectivity index (χ0n) is 17.5. The van der Waals surface area contributed by atoms with E-state index in [9.17, 15) is 4.79 Å². The van der Waals surface area contributed by atoms with Crippen molar-refractivity contribution in [3.05, 3.63) is 12.2 Å². The summed E-state index contributed by atoms with van der Waals surface area (Å²) in [5.74, 6) is 0.632. The van der Waals surface area contributed by atoms with Crippen molar-refractivity contribution in [3.8, 4) is 0 Å². The Hall–Kier alpha value is -0.790. The number of nitrogens with zero attached hydrogens (tertiary/aromatic N) is 1. The van der Waals surface area contributed by atoms with Crippen molar-refractivity contribution >= 4 is 5.78 Å². The lowest BCUT2D eigenvalue weighted by atomic mass is 9.64. The molecule has 0 bridgehead atoms. The Balaban J connectivity index is 2.64. The number of aliphatic hydroxyl groups is 2. The van der Waals surface area contributed by atoms with Crippen LogP contribution in [0.5, 0.6) is 0 Å². The Morgan fingerprint density at radius 1 is 1.15 bits per heavy atom. The molecule has 0 aliphatic heterocycles. The number of hydrogen-bond acceptors (Lipinski definition) is 6. The first kappa shape index (κ1) is 24.2. The molecule has 3 unspecified atom stereocenters. The van der Waals surface area contributed by atoms with Crippen LogP contribution in [0.25, 0.3) is 0 Å². The quantitative estimate of drug-likeness (QED) is 0.351. The van der Waals surface area contributed by atoms with Crippen molar-refractivity contribution in [1.82, 2.24) is 4.90 Å². The first-order valence-corrected chi connectivity index (χ1v) is 10.1. The molecule has 27 heavy (non-hydrogen) atoms. The summed E-state index contributed by atoms with van der Waals surface area (Å²) < 4.78 is 10.8. The molecule has 0 aromatic carbocycles. The molecular formula is C21H39NO5. The number of rotatable bonds is 14. The van der Waals surface area contributed by atoms with Gasteiger partial charge in [0, 0.05) is 31.5 Å². The van der Waals surface area contributed by atoms with E-state index in [-0.39, 0.29) is 36.5 Å². The maximum absolute atomic E-state index is 13.1. The minimum atomic E-state index is -0.00965. The average Bonchev–Trinajstić information content (AvgIpc) is 2.59. The molecule has 0 amide bonds. The second kappa shape index (κ2) is 12.6. The van der Waals surface area contributed by atoms with Gasteiger partial charge in [0.1, 0.15) is 5.78 Å². The van der Waals surface area contributed by atoms with Crippen LogP contribution < -0.4 is 0 Å². The van der Waals surface area contributed by atoms with Gasteiger partial charge in [-0.3, -0.25) is 9.69 Å². The Kier molecular flexibility index (Phi) is 11.3. The van der Waals surface area contributed by atoms with E-state index in [1.807, 2.05) is 0 Å². The largest absolute Gasteiger partial charge is 0.394 e. The Morgan fingerprint density at radius 2 is 1.70 bits per heavy atom. The predicted octanol–water partition coefficient (Wildman–Crippen LogP) is 1.89. The topological polar surface area (TPSA) is 79.2 Å². The van der Waals surface area contributed by atoms with Crippen molar-refractivity contribution in [1.29, 1.82) is 0 Å². The van der Waals surface area contributed by atoms with E-state index in [4.69, 9.17) is 19.7 Å². The molecule has 6 heteroatoms. The lowest BCUT2D eigenvalue weighted by Gasteiger charge is -2.40. The monoisotopic (exact) mass is 385 g/mol. The minimum absolute atomic E-state index is 0.00965. The maximum Gasteiger partial charge on any atom is 0.138 e. The van der Waals surface area contributed by atoms with Crippen molar-refractivity contribution in [2.75, 3.05) is 52.7 Å². The van der Waals surface area contributed by atoms with Crippen LogP contribution in [0.15, 0.2) is 12.2 Å². The SMILES string of the molecule is CC1C=CCC(C)(C)C1C(=O)CC(C)N(CCOCCO)CCOCCO. The Morgan fingerprint density at radius 3 is 2.19 bits per heavy atom. The number of allylic oxidation sites excluding steroid dienone is 2. The van der Waals surface area contributed by atoms with Crippen LogP contribution >= 0.6 is 0 Å². The van der Waals surface area contributed by atoms with Gasteiger partial charge in [-0.25, -0.2) is 0 Å². The van der Waals surface area contributed by atoms with Crippen molar-refractivity contribution in [3.63, 3.8) is 0 Å². The first-order chi connectivity index (χ1) is 12.8. The first-order valence-electron chi connectivity index (χ1n) is 10.1. The fraction of sp³-hybridized carbons (Fsp3) is 0.857. The third kappa shape index (κ3) is 8.40. The van der Waals surface area contributed by atoms with E-state index in [1.165, 1.54) is 0 Å². The van der Waals surface area contributed by atoms with E-state index in [0.717, 1.165) is 6.42 Å². The number of ether oxygens (including phenoxy) is 2. The highest BCUT2D eigenvalue weighted by molar-refractivity contribution is 5.83. The molecule has 0 heterocycles. The van der Waals surface area contributed by atoms with Crippen LogP contribution in [0.3, 0.4) is 0 Å². The molecule has 6 nitrogen and oxygen atoms in total. The summed E-state index contributed by atoms with van der Waals surface area (Å²) in [6, 6.07) is 0.0851. The number of carbonyl (C=O) groups is 1. The lowest BCUT2D eigenvalue weighted by molar-refractivity contribution is -0.129. The van der Waals surface area contributed by atoms with Crippen LogP contribution in [0.2, 0.25) is 0 Å². The van der Waals surface area contributed by atoms with Crippen LogP contribution in [0.4, 0.5) is 0 Å². The number of carbonyl (C=O) groups excluding carboxylic acids is 1. The summed E-state index contributed by atoms with van der Waals surface area (Å²) in [6.45, 7) is 11.6. The zero-order chi connectivity index (χ0) is 20.3. The molecule has 0 saturated heterocycles. The van der Waals surface area contributed by atoms with E-state index in [1.54, 1.807) is 0 Å². The molecular weight excluding hydrogens is 346 g/mol. The second-order valence-corrected chi connectivity index (χ2v) is 8.19. The number of ketones is 1. The smallest absolute Gasteiger partial charge is 0.138 e. The predicted molar refractivity (Wildman–Crippen MR) is 107 cm³/mol.